The number of hydrogen-bond acceptors (Lipinski definition) is 8. The molecule has 3 heterocycles. The molecule has 134 valence electrons. The van der Waals surface area contributed by atoms with E-state index in [9.17, 15) is 4.79 Å². The van der Waals surface area contributed by atoms with Crippen LogP contribution in [0.25, 0.3) is 0 Å². The van der Waals surface area contributed by atoms with Gasteiger partial charge >= 0.3 is 0 Å². The van der Waals surface area contributed by atoms with Gasteiger partial charge in [0.2, 0.25) is 5.13 Å². The summed E-state index contributed by atoms with van der Waals surface area (Å²) in [6, 6.07) is 9.68. The van der Waals surface area contributed by atoms with Crippen LogP contribution in [0.4, 0.5) is 15.8 Å². The molecule has 1 amide bonds. The van der Waals surface area contributed by atoms with Crippen molar-refractivity contribution in [3.63, 3.8) is 0 Å². The van der Waals surface area contributed by atoms with Crippen LogP contribution in [-0.4, -0.2) is 34.3 Å². The van der Waals surface area contributed by atoms with Crippen molar-refractivity contribution in [1.82, 2.24) is 15.2 Å². The second-order valence-corrected chi connectivity index (χ2v) is 7.67. The summed E-state index contributed by atoms with van der Waals surface area (Å²) in [7, 11) is 0. The molecule has 0 saturated carbocycles. The summed E-state index contributed by atoms with van der Waals surface area (Å²) in [6.07, 6.45) is 1.89. The van der Waals surface area contributed by atoms with Crippen LogP contribution in [0.15, 0.2) is 35.8 Å². The molecule has 7 nitrogen and oxygen atoms in total. The summed E-state index contributed by atoms with van der Waals surface area (Å²) >= 11 is 2.80. The van der Waals surface area contributed by atoms with Crippen molar-refractivity contribution in [2.45, 2.75) is 18.8 Å². The van der Waals surface area contributed by atoms with Crippen molar-refractivity contribution < 1.29 is 9.53 Å². The summed E-state index contributed by atoms with van der Waals surface area (Å²) in [6.45, 7) is 1.50. The highest BCUT2D eigenvalue weighted by molar-refractivity contribution is 7.15. The van der Waals surface area contributed by atoms with Crippen LogP contribution in [0.5, 0.6) is 0 Å². The Kier molecular flexibility index (Phi) is 5.19. The molecule has 2 N–H and O–H groups in total. The SMILES string of the molecule is O=C(Nc1nnc(C2CCOCC2)s1)c1ncsc1Nc1ccccc1. The zero-order valence-electron chi connectivity index (χ0n) is 13.8. The number of ether oxygens (including phenoxy) is 1. The number of thiazole rings is 1. The first-order valence-corrected chi connectivity index (χ1v) is 9.97. The Labute approximate surface area is 158 Å². The van der Waals surface area contributed by atoms with E-state index < -0.39 is 0 Å². The Bertz CT molecular complexity index is 874. The topological polar surface area (TPSA) is 89.0 Å². The average molecular weight is 387 g/mol. The lowest BCUT2D eigenvalue weighted by Crippen LogP contribution is -2.14. The number of carbonyl (C=O) groups is 1. The molecule has 1 aliphatic heterocycles. The molecule has 1 aliphatic rings. The van der Waals surface area contributed by atoms with Crippen molar-refractivity contribution in [1.29, 1.82) is 0 Å². The summed E-state index contributed by atoms with van der Waals surface area (Å²) in [4.78, 5) is 16.8. The predicted molar refractivity (Wildman–Crippen MR) is 102 cm³/mol. The van der Waals surface area contributed by atoms with Crippen LogP contribution in [0.2, 0.25) is 0 Å². The van der Waals surface area contributed by atoms with E-state index in [0.29, 0.717) is 21.7 Å². The van der Waals surface area contributed by atoms with E-state index in [1.807, 2.05) is 30.3 Å². The number of nitrogens with one attached hydrogen (secondary N) is 2. The third kappa shape index (κ3) is 3.90. The molecular formula is C17H17N5O2S2. The minimum atomic E-state index is -0.292. The number of benzene rings is 1. The van der Waals surface area contributed by atoms with E-state index in [1.165, 1.54) is 22.7 Å². The minimum Gasteiger partial charge on any atom is -0.381 e. The first-order chi connectivity index (χ1) is 12.8. The number of amides is 1. The lowest BCUT2D eigenvalue weighted by Gasteiger charge is -2.18. The van der Waals surface area contributed by atoms with Gasteiger partial charge in [0.1, 0.15) is 10.0 Å². The number of rotatable bonds is 5. The zero-order valence-corrected chi connectivity index (χ0v) is 15.5. The third-order valence-electron chi connectivity index (χ3n) is 4.05. The van der Waals surface area contributed by atoms with Crippen molar-refractivity contribution >= 4 is 44.4 Å². The average Bonchev–Trinajstić information content (AvgIpc) is 3.33. The fraction of sp³-hybridized carbons (Fsp3) is 0.294. The fourth-order valence-corrected chi connectivity index (χ4v) is 4.30. The number of anilines is 3. The van der Waals surface area contributed by atoms with E-state index in [1.54, 1.807) is 5.51 Å². The van der Waals surface area contributed by atoms with Crippen LogP contribution in [0.3, 0.4) is 0 Å². The van der Waals surface area contributed by atoms with Crippen molar-refractivity contribution in [3.05, 3.63) is 46.5 Å². The number of carbonyl (C=O) groups excluding carboxylic acids is 1. The highest BCUT2D eigenvalue weighted by atomic mass is 32.1. The molecule has 4 rings (SSSR count). The first kappa shape index (κ1) is 17.1. The second kappa shape index (κ2) is 7.90. The molecular weight excluding hydrogens is 370 g/mol. The lowest BCUT2D eigenvalue weighted by atomic mass is 10.0. The van der Waals surface area contributed by atoms with Crippen molar-refractivity contribution in [2.75, 3.05) is 23.8 Å². The van der Waals surface area contributed by atoms with Gasteiger partial charge in [0, 0.05) is 24.8 Å². The maximum atomic E-state index is 12.6. The third-order valence-corrected chi connectivity index (χ3v) is 5.79. The van der Waals surface area contributed by atoms with Crippen LogP contribution in [0, 0.1) is 0 Å². The van der Waals surface area contributed by atoms with Gasteiger partial charge in [-0.25, -0.2) is 4.98 Å². The van der Waals surface area contributed by atoms with Crippen molar-refractivity contribution in [3.8, 4) is 0 Å². The molecule has 0 unspecified atom stereocenters. The summed E-state index contributed by atoms with van der Waals surface area (Å²) < 4.78 is 5.38. The van der Waals surface area contributed by atoms with Gasteiger partial charge in [0.15, 0.2) is 5.69 Å². The molecule has 2 aromatic heterocycles. The number of para-hydroxylation sites is 1. The molecule has 0 bridgehead atoms. The van der Waals surface area contributed by atoms with E-state index in [2.05, 4.69) is 25.8 Å². The van der Waals surface area contributed by atoms with Gasteiger partial charge in [-0.3, -0.25) is 10.1 Å². The largest absolute Gasteiger partial charge is 0.381 e. The molecule has 0 spiro atoms. The van der Waals surface area contributed by atoms with Crippen LogP contribution >= 0.6 is 22.7 Å². The van der Waals surface area contributed by atoms with E-state index in [-0.39, 0.29) is 5.91 Å². The predicted octanol–water partition coefficient (Wildman–Crippen LogP) is 3.88. The molecule has 1 saturated heterocycles. The van der Waals surface area contributed by atoms with Gasteiger partial charge in [0.25, 0.3) is 5.91 Å². The molecule has 3 aromatic rings. The van der Waals surface area contributed by atoms with E-state index in [4.69, 9.17) is 4.74 Å². The molecule has 0 aliphatic carbocycles. The fourth-order valence-electron chi connectivity index (χ4n) is 2.70. The number of aromatic nitrogens is 3. The first-order valence-electron chi connectivity index (χ1n) is 8.27. The van der Waals surface area contributed by atoms with E-state index in [0.717, 1.165) is 36.8 Å². The molecule has 1 aromatic carbocycles. The Hall–Kier alpha value is -2.36. The standard InChI is InChI=1S/C17H17N5O2S2/c23-14(13-16(25-10-18-13)19-12-4-2-1-3-5-12)20-17-22-21-15(26-17)11-6-8-24-9-7-11/h1-5,10-11,19H,6-9H2,(H,20,22,23). The molecule has 0 radical (unpaired) electrons. The summed E-state index contributed by atoms with van der Waals surface area (Å²) in [5.74, 6) is 0.0702. The van der Waals surface area contributed by atoms with Gasteiger partial charge in [-0.2, -0.15) is 0 Å². The van der Waals surface area contributed by atoms with Gasteiger partial charge in [0.05, 0.1) is 5.51 Å². The van der Waals surface area contributed by atoms with Crippen LogP contribution in [0.1, 0.15) is 34.3 Å². The molecule has 0 atom stereocenters. The number of hydrogen-bond donors (Lipinski definition) is 2. The second-order valence-electron chi connectivity index (χ2n) is 5.81. The van der Waals surface area contributed by atoms with Crippen LogP contribution < -0.4 is 10.6 Å². The molecule has 1 fully saturated rings. The zero-order chi connectivity index (χ0) is 17.8. The smallest absolute Gasteiger partial charge is 0.279 e. The van der Waals surface area contributed by atoms with Crippen molar-refractivity contribution in [2.24, 2.45) is 0 Å². The minimum absolute atomic E-state index is 0.292. The van der Waals surface area contributed by atoms with Crippen LogP contribution in [-0.2, 0) is 4.74 Å². The lowest BCUT2D eigenvalue weighted by molar-refractivity contribution is 0.0851. The van der Waals surface area contributed by atoms with Gasteiger partial charge < -0.3 is 10.1 Å². The number of nitrogens with zero attached hydrogens (tertiary/aromatic N) is 3. The molecule has 9 heteroatoms. The maximum absolute atomic E-state index is 12.6. The Morgan fingerprint density at radius 3 is 2.77 bits per heavy atom. The maximum Gasteiger partial charge on any atom is 0.279 e. The normalized spacial score (nSPS) is 14.9. The van der Waals surface area contributed by atoms with Gasteiger partial charge in [-0.15, -0.1) is 21.5 Å². The highest BCUT2D eigenvalue weighted by Crippen LogP contribution is 2.31. The highest BCUT2D eigenvalue weighted by Gasteiger charge is 2.22. The Morgan fingerprint density at radius 1 is 1.15 bits per heavy atom. The Morgan fingerprint density at radius 2 is 1.96 bits per heavy atom. The summed E-state index contributed by atoms with van der Waals surface area (Å²) in [5.41, 5.74) is 2.90. The quantitative estimate of drug-likeness (QED) is 0.690. The molecule has 26 heavy (non-hydrogen) atoms. The van der Waals surface area contributed by atoms with E-state index >= 15 is 0 Å². The Balaban J connectivity index is 1.44. The van der Waals surface area contributed by atoms with Gasteiger partial charge in [-0.05, 0) is 25.0 Å². The monoisotopic (exact) mass is 387 g/mol. The summed E-state index contributed by atoms with van der Waals surface area (Å²) in [5, 5.41) is 16.5. The van der Waals surface area contributed by atoms with Gasteiger partial charge in [-0.1, -0.05) is 29.5 Å².